The van der Waals surface area contributed by atoms with Gasteiger partial charge in [0.05, 0.1) is 12.6 Å². The van der Waals surface area contributed by atoms with Gasteiger partial charge < -0.3 is 10.1 Å². The van der Waals surface area contributed by atoms with Crippen molar-refractivity contribution in [1.29, 1.82) is 0 Å². The summed E-state index contributed by atoms with van der Waals surface area (Å²) in [6.45, 7) is 0.709. The second-order valence-electron chi connectivity index (χ2n) is 2.71. The van der Waals surface area contributed by atoms with E-state index in [1.807, 2.05) is 25.2 Å². The van der Waals surface area contributed by atoms with Gasteiger partial charge in [-0.15, -0.1) is 0 Å². The molecule has 0 aliphatic rings. The van der Waals surface area contributed by atoms with Gasteiger partial charge in [0.15, 0.2) is 0 Å². The van der Waals surface area contributed by atoms with Crippen LogP contribution in [0, 0.1) is 0 Å². The van der Waals surface area contributed by atoms with E-state index in [1.54, 1.807) is 7.11 Å². The van der Waals surface area contributed by atoms with Crippen LogP contribution in [0.2, 0.25) is 0 Å². The highest BCUT2D eigenvalue weighted by Gasteiger charge is 2.06. The third kappa shape index (κ3) is 2.32. The molecule has 0 aliphatic heterocycles. The van der Waals surface area contributed by atoms with Gasteiger partial charge in [0.25, 0.3) is 0 Å². The Morgan fingerprint density at radius 3 is 2.50 bits per heavy atom. The molecule has 1 aromatic rings. The van der Waals surface area contributed by atoms with Crippen molar-refractivity contribution in [2.75, 3.05) is 20.8 Å². The van der Waals surface area contributed by atoms with Crippen molar-refractivity contribution >= 4 is 0 Å². The molecule has 0 amide bonds. The van der Waals surface area contributed by atoms with Gasteiger partial charge in [-0.3, -0.25) is 0 Å². The smallest absolute Gasteiger partial charge is 0.0657 e. The highest BCUT2D eigenvalue weighted by Crippen LogP contribution is 2.11. The summed E-state index contributed by atoms with van der Waals surface area (Å²) in [5.41, 5.74) is 1.27. The van der Waals surface area contributed by atoms with Gasteiger partial charge in [0.1, 0.15) is 0 Å². The molecule has 0 fully saturated rings. The van der Waals surface area contributed by atoms with Crippen molar-refractivity contribution in [1.82, 2.24) is 5.32 Å². The van der Waals surface area contributed by atoms with Crippen LogP contribution >= 0.6 is 0 Å². The van der Waals surface area contributed by atoms with Gasteiger partial charge in [0.2, 0.25) is 0 Å². The third-order valence-corrected chi connectivity index (χ3v) is 1.88. The topological polar surface area (TPSA) is 21.3 Å². The summed E-state index contributed by atoms with van der Waals surface area (Å²) >= 11 is 0. The van der Waals surface area contributed by atoms with E-state index in [4.69, 9.17) is 4.74 Å². The lowest BCUT2D eigenvalue weighted by Gasteiger charge is -2.14. The number of rotatable bonds is 4. The first-order valence-electron chi connectivity index (χ1n) is 4.09. The quantitative estimate of drug-likeness (QED) is 0.731. The van der Waals surface area contributed by atoms with E-state index in [1.165, 1.54) is 5.56 Å². The molecule has 1 rings (SSSR count). The standard InChI is InChI=1S/C10H15NO/c1-11-10(8-12-2)9-6-4-3-5-7-9/h3-7,10-11H,8H2,1-2H3/t10-/m0/s1. The predicted molar refractivity (Wildman–Crippen MR) is 50.1 cm³/mol. The van der Waals surface area contributed by atoms with E-state index in [0.29, 0.717) is 12.6 Å². The van der Waals surface area contributed by atoms with Crippen molar-refractivity contribution < 1.29 is 4.74 Å². The Bertz CT molecular complexity index is 210. The Labute approximate surface area is 73.6 Å². The van der Waals surface area contributed by atoms with Crippen molar-refractivity contribution in [3.8, 4) is 0 Å². The molecule has 2 nitrogen and oxygen atoms in total. The predicted octanol–water partition coefficient (Wildman–Crippen LogP) is 1.59. The molecule has 1 aromatic carbocycles. The van der Waals surface area contributed by atoms with Crippen molar-refractivity contribution in [3.63, 3.8) is 0 Å². The summed E-state index contributed by atoms with van der Waals surface area (Å²) in [6, 6.07) is 10.6. The first-order chi connectivity index (χ1) is 5.88. The van der Waals surface area contributed by atoms with Gasteiger partial charge in [-0.05, 0) is 12.6 Å². The summed E-state index contributed by atoms with van der Waals surface area (Å²) in [7, 11) is 3.66. The van der Waals surface area contributed by atoms with Gasteiger partial charge in [0, 0.05) is 7.11 Å². The molecule has 0 bridgehead atoms. The zero-order chi connectivity index (χ0) is 8.81. The molecular formula is C10H15NO. The molecule has 12 heavy (non-hydrogen) atoms. The average Bonchev–Trinajstić information content (AvgIpc) is 2.15. The Hall–Kier alpha value is -0.860. The Balaban J connectivity index is 2.66. The molecule has 0 aliphatic carbocycles. The third-order valence-electron chi connectivity index (χ3n) is 1.88. The number of benzene rings is 1. The fraction of sp³-hybridized carbons (Fsp3) is 0.400. The Morgan fingerprint density at radius 1 is 1.33 bits per heavy atom. The lowest BCUT2D eigenvalue weighted by molar-refractivity contribution is 0.170. The monoisotopic (exact) mass is 165 g/mol. The molecule has 0 saturated heterocycles. The van der Waals surface area contributed by atoms with Crippen molar-refractivity contribution in [3.05, 3.63) is 35.9 Å². The Morgan fingerprint density at radius 2 is 2.00 bits per heavy atom. The number of nitrogens with one attached hydrogen (secondary N) is 1. The molecule has 0 heterocycles. The number of likely N-dealkylation sites (N-methyl/N-ethyl adjacent to an activating group) is 1. The largest absolute Gasteiger partial charge is 0.383 e. The highest BCUT2D eigenvalue weighted by atomic mass is 16.5. The van der Waals surface area contributed by atoms with Gasteiger partial charge in [-0.1, -0.05) is 30.3 Å². The van der Waals surface area contributed by atoms with E-state index in [-0.39, 0.29) is 0 Å². The van der Waals surface area contributed by atoms with Crippen molar-refractivity contribution in [2.45, 2.75) is 6.04 Å². The fourth-order valence-electron chi connectivity index (χ4n) is 1.20. The minimum atomic E-state index is 0.302. The lowest BCUT2D eigenvalue weighted by atomic mass is 10.1. The molecule has 0 spiro atoms. The molecule has 0 radical (unpaired) electrons. The van der Waals surface area contributed by atoms with Crippen LogP contribution in [-0.4, -0.2) is 20.8 Å². The van der Waals surface area contributed by atoms with Crippen LogP contribution in [0.5, 0.6) is 0 Å². The van der Waals surface area contributed by atoms with Crippen LogP contribution in [0.3, 0.4) is 0 Å². The summed E-state index contributed by atoms with van der Waals surface area (Å²) < 4.78 is 5.09. The maximum atomic E-state index is 5.09. The molecule has 2 heteroatoms. The second kappa shape index (κ2) is 4.91. The molecular weight excluding hydrogens is 150 g/mol. The number of hydrogen-bond donors (Lipinski definition) is 1. The zero-order valence-corrected chi connectivity index (χ0v) is 7.58. The van der Waals surface area contributed by atoms with Gasteiger partial charge in [-0.2, -0.15) is 0 Å². The number of hydrogen-bond acceptors (Lipinski definition) is 2. The van der Waals surface area contributed by atoms with Crippen LogP contribution in [-0.2, 0) is 4.74 Å². The lowest BCUT2D eigenvalue weighted by Crippen LogP contribution is -2.20. The first kappa shape index (κ1) is 9.23. The second-order valence-corrected chi connectivity index (χ2v) is 2.71. The molecule has 1 N–H and O–H groups in total. The van der Waals surface area contributed by atoms with E-state index in [9.17, 15) is 0 Å². The first-order valence-corrected chi connectivity index (χ1v) is 4.09. The van der Waals surface area contributed by atoms with Crippen LogP contribution in [0.1, 0.15) is 11.6 Å². The normalized spacial score (nSPS) is 12.8. The summed E-state index contributed by atoms with van der Waals surface area (Å²) in [4.78, 5) is 0. The van der Waals surface area contributed by atoms with E-state index in [2.05, 4.69) is 17.4 Å². The average molecular weight is 165 g/mol. The van der Waals surface area contributed by atoms with Crippen LogP contribution < -0.4 is 5.32 Å². The summed E-state index contributed by atoms with van der Waals surface area (Å²) in [6.07, 6.45) is 0. The summed E-state index contributed by atoms with van der Waals surface area (Å²) in [5.74, 6) is 0. The number of ether oxygens (including phenoxy) is 1. The highest BCUT2D eigenvalue weighted by molar-refractivity contribution is 5.18. The zero-order valence-electron chi connectivity index (χ0n) is 7.58. The van der Waals surface area contributed by atoms with E-state index < -0.39 is 0 Å². The fourth-order valence-corrected chi connectivity index (χ4v) is 1.20. The minimum absolute atomic E-state index is 0.302. The van der Waals surface area contributed by atoms with Crippen molar-refractivity contribution in [2.24, 2.45) is 0 Å². The summed E-state index contributed by atoms with van der Waals surface area (Å²) in [5, 5.41) is 3.19. The van der Waals surface area contributed by atoms with Gasteiger partial charge in [-0.25, -0.2) is 0 Å². The molecule has 66 valence electrons. The maximum Gasteiger partial charge on any atom is 0.0657 e. The molecule has 0 unspecified atom stereocenters. The molecule has 0 aromatic heterocycles. The molecule has 1 atom stereocenters. The Kier molecular flexibility index (Phi) is 3.77. The number of methoxy groups -OCH3 is 1. The van der Waals surface area contributed by atoms with Crippen LogP contribution in [0.25, 0.3) is 0 Å². The maximum absolute atomic E-state index is 5.09. The SMILES string of the molecule is CN[C@@H](COC)c1ccccc1. The molecule has 0 saturated carbocycles. The van der Waals surface area contributed by atoms with Crippen LogP contribution in [0.4, 0.5) is 0 Å². The van der Waals surface area contributed by atoms with Crippen LogP contribution in [0.15, 0.2) is 30.3 Å². The van der Waals surface area contributed by atoms with E-state index in [0.717, 1.165) is 0 Å². The van der Waals surface area contributed by atoms with Gasteiger partial charge >= 0.3 is 0 Å². The minimum Gasteiger partial charge on any atom is -0.383 e. The van der Waals surface area contributed by atoms with E-state index >= 15 is 0 Å².